The highest BCUT2D eigenvalue weighted by atomic mass is 16.5. The quantitative estimate of drug-likeness (QED) is 0.620. The summed E-state index contributed by atoms with van der Waals surface area (Å²) in [6.45, 7) is 3.63. The Kier molecular flexibility index (Phi) is 4.78. The monoisotopic (exact) mass is 317 g/mol. The van der Waals surface area contributed by atoms with Gasteiger partial charge in [0, 0.05) is 6.42 Å². The minimum absolute atomic E-state index is 0.119. The van der Waals surface area contributed by atoms with Crippen molar-refractivity contribution in [3.8, 4) is 0 Å². The molecule has 1 aliphatic heterocycles. The van der Waals surface area contributed by atoms with Crippen molar-refractivity contribution in [2.24, 2.45) is 10.5 Å². The van der Waals surface area contributed by atoms with Crippen molar-refractivity contribution in [1.82, 2.24) is 0 Å². The van der Waals surface area contributed by atoms with Gasteiger partial charge in [-0.2, -0.15) is 10.1 Å². The van der Waals surface area contributed by atoms with Gasteiger partial charge in [-0.1, -0.05) is 18.2 Å². The summed E-state index contributed by atoms with van der Waals surface area (Å²) in [5, 5.41) is 22.5. The number of nitrogens with zero attached hydrogens (tertiary/aromatic N) is 2. The van der Waals surface area contributed by atoms with Gasteiger partial charge >= 0.3 is 5.97 Å². The van der Waals surface area contributed by atoms with Gasteiger partial charge in [-0.05, 0) is 26.0 Å². The Bertz CT molecular complexity index is 657. The van der Waals surface area contributed by atoms with E-state index in [0.717, 1.165) is 0 Å². The Labute approximate surface area is 134 Å². The molecule has 7 nitrogen and oxygen atoms in total. The van der Waals surface area contributed by atoms with Crippen molar-refractivity contribution in [2.75, 3.05) is 11.6 Å². The van der Waals surface area contributed by atoms with Gasteiger partial charge < -0.3 is 9.84 Å². The smallest absolute Gasteiger partial charge is 0.304 e. The summed E-state index contributed by atoms with van der Waals surface area (Å²) in [5.74, 6) is -1.69. The number of carbonyl (C=O) groups excluding carboxylic acids is 1. The molecule has 0 fully saturated rings. The third-order valence-corrected chi connectivity index (χ3v) is 3.78. The van der Waals surface area contributed by atoms with Crippen molar-refractivity contribution in [2.45, 2.75) is 26.7 Å². The van der Waals surface area contributed by atoms with Crippen LogP contribution in [0.5, 0.6) is 0 Å². The molecule has 122 valence electrons. The molecule has 1 aromatic rings. The fourth-order valence-electron chi connectivity index (χ4n) is 2.62. The third-order valence-electron chi connectivity index (χ3n) is 3.78. The van der Waals surface area contributed by atoms with E-state index in [2.05, 4.69) is 5.10 Å². The highest BCUT2D eigenvalue weighted by Gasteiger charge is 2.52. The molecule has 0 saturated heterocycles. The Morgan fingerprint density at radius 2 is 2.00 bits per heavy atom. The number of nitrogens with one attached hydrogen (secondary N) is 1. The summed E-state index contributed by atoms with van der Waals surface area (Å²) in [6.07, 6.45) is -0.551. The van der Waals surface area contributed by atoms with Gasteiger partial charge in [0.05, 0.1) is 24.4 Å². The maximum atomic E-state index is 12.9. The number of aliphatic carboxylic acids is 1. The lowest BCUT2D eigenvalue weighted by Gasteiger charge is -2.26. The van der Waals surface area contributed by atoms with E-state index < -0.39 is 23.7 Å². The maximum Gasteiger partial charge on any atom is 0.304 e. The molecular weight excluding hydrogens is 298 g/mol. The third kappa shape index (κ3) is 3.23. The number of hydrazone groups is 1. The Morgan fingerprint density at radius 3 is 2.57 bits per heavy atom. The van der Waals surface area contributed by atoms with Crippen molar-refractivity contribution in [3.05, 3.63) is 30.3 Å². The molecule has 2 N–H and O–H groups in total. The van der Waals surface area contributed by atoms with Crippen LogP contribution in [0.25, 0.3) is 0 Å². The summed E-state index contributed by atoms with van der Waals surface area (Å²) in [4.78, 5) is 24.2. The molecule has 1 unspecified atom stereocenters. The molecule has 0 aromatic heterocycles. The highest BCUT2D eigenvalue weighted by Crippen LogP contribution is 2.39. The van der Waals surface area contributed by atoms with E-state index >= 15 is 0 Å². The lowest BCUT2D eigenvalue weighted by atomic mass is 9.76. The fraction of sp³-hybridized carbons (Fsp3) is 0.375. The number of hydrogen-bond donors (Lipinski definition) is 2. The summed E-state index contributed by atoms with van der Waals surface area (Å²) >= 11 is 0. The number of amides is 1. The average molecular weight is 317 g/mol. The van der Waals surface area contributed by atoms with Crippen molar-refractivity contribution in [3.63, 3.8) is 0 Å². The average Bonchev–Trinajstić information content (AvgIpc) is 2.73. The van der Waals surface area contributed by atoms with Crippen LogP contribution in [0.15, 0.2) is 35.4 Å². The predicted octanol–water partition coefficient (Wildman–Crippen LogP) is 2.27. The number of carboxylic acid groups (broad SMARTS) is 1. The van der Waals surface area contributed by atoms with Crippen LogP contribution in [0.4, 0.5) is 5.69 Å². The predicted molar refractivity (Wildman–Crippen MR) is 85.7 cm³/mol. The van der Waals surface area contributed by atoms with Gasteiger partial charge in [-0.3, -0.25) is 15.0 Å². The molecule has 1 aliphatic rings. The number of hydrogen-bond acceptors (Lipinski definition) is 5. The number of carboxylic acids is 1. The molecule has 7 heteroatoms. The second kappa shape index (κ2) is 6.60. The Morgan fingerprint density at radius 1 is 1.35 bits per heavy atom. The summed E-state index contributed by atoms with van der Waals surface area (Å²) in [6, 6.07) is 8.80. The van der Waals surface area contributed by atoms with Crippen LogP contribution in [0, 0.1) is 10.8 Å². The Balaban J connectivity index is 2.39. The van der Waals surface area contributed by atoms with Crippen molar-refractivity contribution < 1.29 is 19.4 Å². The van der Waals surface area contributed by atoms with Gasteiger partial charge in [0.25, 0.3) is 5.91 Å². The number of ether oxygens (including phenoxy) is 1. The van der Waals surface area contributed by atoms with E-state index in [-0.39, 0.29) is 18.9 Å². The molecule has 0 spiro atoms. The van der Waals surface area contributed by atoms with Crippen molar-refractivity contribution >= 4 is 29.2 Å². The van der Waals surface area contributed by atoms with E-state index in [1.54, 1.807) is 38.1 Å². The first-order valence-corrected chi connectivity index (χ1v) is 7.28. The highest BCUT2D eigenvalue weighted by molar-refractivity contribution is 6.21. The van der Waals surface area contributed by atoms with Gasteiger partial charge in [-0.25, -0.2) is 0 Å². The van der Waals surface area contributed by atoms with E-state index in [1.165, 1.54) is 5.01 Å². The molecular formula is C16H19N3O4. The maximum absolute atomic E-state index is 12.9. The summed E-state index contributed by atoms with van der Waals surface area (Å²) < 4.78 is 5.11. The second-order valence-corrected chi connectivity index (χ2v) is 5.32. The number of para-hydroxylation sites is 1. The topological polar surface area (TPSA) is 103 Å². The molecule has 1 heterocycles. The minimum Gasteiger partial charge on any atom is -0.481 e. The van der Waals surface area contributed by atoms with Crippen molar-refractivity contribution in [1.29, 1.82) is 5.41 Å². The lowest BCUT2D eigenvalue weighted by molar-refractivity contribution is -0.141. The summed E-state index contributed by atoms with van der Waals surface area (Å²) in [7, 11) is 0. The van der Waals surface area contributed by atoms with Crippen LogP contribution in [0.1, 0.15) is 26.7 Å². The van der Waals surface area contributed by atoms with Crippen LogP contribution in [0.2, 0.25) is 0 Å². The number of carbonyl (C=O) groups is 2. The first-order chi connectivity index (χ1) is 10.9. The van der Waals surface area contributed by atoms with Gasteiger partial charge in [0.2, 0.25) is 0 Å². The van der Waals surface area contributed by atoms with E-state index in [1.807, 2.05) is 6.07 Å². The van der Waals surface area contributed by atoms with Crippen LogP contribution < -0.4 is 5.01 Å². The van der Waals surface area contributed by atoms with Crippen LogP contribution >= 0.6 is 0 Å². The zero-order valence-electron chi connectivity index (χ0n) is 13.1. The molecule has 0 radical (unpaired) electrons. The van der Waals surface area contributed by atoms with E-state index in [0.29, 0.717) is 11.4 Å². The first-order valence-electron chi connectivity index (χ1n) is 7.28. The van der Waals surface area contributed by atoms with Gasteiger partial charge in [-0.15, -0.1) is 0 Å². The first kappa shape index (κ1) is 16.7. The van der Waals surface area contributed by atoms with E-state index in [9.17, 15) is 14.7 Å². The molecule has 0 aliphatic carbocycles. The Hall–Kier alpha value is -2.70. The SMILES string of the molecule is CCOC(=N)CC1(CC(=O)O)C(=O)N(c2ccccc2)N=C1C. The molecule has 1 aromatic carbocycles. The normalized spacial score (nSPS) is 20.3. The fourth-order valence-corrected chi connectivity index (χ4v) is 2.62. The zero-order valence-corrected chi connectivity index (χ0v) is 13.1. The number of rotatable bonds is 6. The van der Waals surface area contributed by atoms with Crippen LogP contribution in [-0.2, 0) is 14.3 Å². The number of benzene rings is 1. The van der Waals surface area contributed by atoms with E-state index in [4.69, 9.17) is 10.1 Å². The number of anilines is 1. The largest absolute Gasteiger partial charge is 0.481 e. The molecule has 1 amide bonds. The van der Waals surface area contributed by atoms with Gasteiger partial charge in [0.15, 0.2) is 5.90 Å². The van der Waals surface area contributed by atoms with Crippen LogP contribution in [0.3, 0.4) is 0 Å². The van der Waals surface area contributed by atoms with Crippen LogP contribution in [-0.4, -0.2) is 35.2 Å². The van der Waals surface area contributed by atoms with Gasteiger partial charge in [0.1, 0.15) is 5.41 Å². The molecule has 1 atom stereocenters. The molecule has 23 heavy (non-hydrogen) atoms. The molecule has 2 rings (SSSR count). The second-order valence-electron chi connectivity index (χ2n) is 5.32. The zero-order chi connectivity index (χ0) is 17.0. The minimum atomic E-state index is -1.38. The molecule has 0 saturated carbocycles. The standard InChI is InChI=1S/C16H19N3O4/c1-3-23-13(17)9-16(10-14(20)21)11(2)18-19(15(16)22)12-7-5-4-6-8-12/h4-8,17H,3,9-10H2,1-2H3,(H,20,21). The summed E-state index contributed by atoms with van der Waals surface area (Å²) in [5.41, 5.74) is -0.446. The lowest BCUT2D eigenvalue weighted by Crippen LogP contribution is -2.42. The molecule has 0 bridgehead atoms.